The van der Waals surface area contributed by atoms with Gasteiger partial charge >= 0.3 is 0 Å². The van der Waals surface area contributed by atoms with E-state index in [0.29, 0.717) is 0 Å². The summed E-state index contributed by atoms with van der Waals surface area (Å²) in [7, 11) is 1.47. The van der Waals surface area contributed by atoms with Crippen LogP contribution in [0.15, 0.2) is 48.8 Å². The normalized spacial score (nSPS) is 14.2. The topological polar surface area (TPSA) is 130 Å². The second kappa shape index (κ2) is 10.1. The van der Waals surface area contributed by atoms with Crippen molar-refractivity contribution in [1.29, 1.82) is 0 Å². The molecule has 0 spiro atoms. The Morgan fingerprint density at radius 2 is 1.81 bits per heavy atom. The number of carbonyl (C=O) groups excluding carboxylic acids is 3. The van der Waals surface area contributed by atoms with Gasteiger partial charge in [-0.15, -0.1) is 0 Å². The number of primary amides is 1. The second-order valence-corrected chi connectivity index (χ2v) is 9.54. The fraction of sp³-hybridized carbons (Fsp3) is 0.269. The van der Waals surface area contributed by atoms with Gasteiger partial charge in [0.1, 0.15) is 10.6 Å². The van der Waals surface area contributed by atoms with Crippen molar-refractivity contribution in [3.63, 3.8) is 0 Å². The fourth-order valence-electron chi connectivity index (χ4n) is 4.61. The lowest BCUT2D eigenvalue weighted by Crippen LogP contribution is -2.66. The van der Waals surface area contributed by atoms with Gasteiger partial charge in [-0.1, -0.05) is 49.7 Å². The lowest BCUT2D eigenvalue weighted by atomic mass is 9.69. The summed E-state index contributed by atoms with van der Waals surface area (Å²) in [5.41, 5.74) is 6.82. The molecule has 0 radical (unpaired) electrons. The number of amides is 3. The molecule has 4 rings (SSSR count). The van der Waals surface area contributed by atoms with Crippen LogP contribution in [0.1, 0.15) is 51.6 Å². The first-order valence-corrected chi connectivity index (χ1v) is 11.9. The average molecular weight is 525 g/mol. The zero-order valence-electron chi connectivity index (χ0n) is 20.5. The van der Waals surface area contributed by atoms with E-state index in [1.54, 1.807) is 4.90 Å². The Labute approximate surface area is 218 Å². The molecule has 0 saturated carbocycles. The Balaban J connectivity index is 1.78. The number of pyridine rings is 2. The van der Waals surface area contributed by atoms with Crippen molar-refractivity contribution in [3.05, 3.63) is 82.1 Å². The number of rotatable bonds is 7. The highest BCUT2D eigenvalue weighted by Gasteiger charge is 2.52. The number of carbonyl (C=O) groups is 3. The molecule has 1 aliphatic rings. The van der Waals surface area contributed by atoms with Gasteiger partial charge in [0.25, 0.3) is 11.8 Å². The van der Waals surface area contributed by atoms with E-state index in [0.717, 1.165) is 23.4 Å². The molecule has 0 aliphatic carbocycles. The first-order chi connectivity index (χ1) is 17.6. The summed E-state index contributed by atoms with van der Waals surface area (Å²) < 4.78 is 14.0. The quantitative estimate of drug-likeness (QED) is 0.407. The number of nitrogens with zero attached hydrogens (tertiary/aromatic N) is 3. The van der Waals surface area contributed by atoms with Crippen LogP contribution in [0, 0.1) is 5.95 Å². The van der Waals surface area contributed by atoms with Crippen LogP contribution >= 0.6 is 11.6 Å². The van der Waals surface area contributed by atoms with Crippen LogP contribution in [-0.4, -0.2) is 47.8 Å². The third-order valence-corrected chi connectivity index (χ3v) is 6.71. The molecule has 2 aromatic heterocycles. The van der Waals surface area contributed by atoms with E-state index < -0.39 is 23.2 Å². The number of halogens is 2. The van der Waals surface area contributed by atoms with E-state index in [2.05, 4.69) is 20.6 Å². The summed E-state index contributed by atoms with van der Waals surface area (Å²) in [5, 5.41) is 5.48. The van der Waals surface area contributed by atoms with Crippen molar-refractivity contribution in [2.45, 2.75) is 25.2 Å². The van der Waals surface area contributed by atoms with Crippen LogP contribution in [0.5, 0.6) is 0 Å². The first-order valence-electron chi connectivity index (χ1n) is 11.6. The molecular formula is C26H26ClFN6O3. The summed E-state index contributed by atoms with van der Waals surface area (Å²) >= 11 is 5.99. The molecule has 0 atom stereocenters. The van der Waals surface area contributed by atoms with Crippen LogP contribution in [0.2, 0.25) is 5.15 Å². The van der Waals surface area contributed by atoms with E-state index in [1.807, 2.05) is 38.1 Å². The molecule has 9 nitrogen and oxygen atoms in total. The molecule has 192 valence electrons. The maximum absolute atomic E-state index is 14.0. The van der Waals surface area contributed by atoms with Crippen LogP contribution in [0.4, 0.5) is 15.8 Å². The van der Waals surface area contributed by atoms with Gasteiger partial charge in [0.2, 0.25) is 11.9 Å². The smallest absolute Gasteiger partial charge is 0.253 e. The molecule has 3 aromatic rings. The molecule has 4 N–H and O–H groups in total. The molecule has 1 aromatic carbocycles. The van der Waals surface area contributed by atoms with Crippen molar-refractivity contribution >= 4 is 40.7 Å². The third-order valence-electron chi connectivity index (χ3n) is 6.50. The molecule has 1 saturated heterocycles. The number of anilines is 2. The summed E-state index contributed by atoms with van der Waals surface area (Å²) in [6, 6.07) is 10.1. The predicted molar refractivity (Wildman–Crippen MR) is 138 cm³/mol. The lowest BCUT2D eigenvalue weighted by molar-refractivity contribution is -0.122. The fourth-order valence-corrected chi connectivity index (χ4v) is 4.77. The van der Waals surface area contributed by atoms with Crippen LogP contribution in [0.3, 0.4) is 0 Å². The molecule has 3 heterocycles. The van der Waals surface area contributed by atoms with Crippen molar-refractivity contribution in [3.8, 4) is 0 Å². The predicted octanol–water partition coefficient (Wildman–Crippen LogP) is 3.25. The first kappa shape index (κ1) is 26.0. The van der Waals surface area contributed by atoms with Crippen LogP contribution in [-0.2, 0) is 10.2 Å². The Morgan fingerprint density at radius 3 is 2.46 bits per heavy atom. The number of aromatic nitrogens is 2. The van der Waals surface area contributed by atoms with Gasteiger partial charge in [-0.05, 0) is 23.1 Å². The average Bonchev–Trinajstić information content (AvgIpc) is 2.84. The monoisotopic (exact) mass is 524 g/mol. The Kier molecular flexibility index (Phi) is 7.13. The zero-order valence-corrected chi connectivity index (χ0v) is 21.3. The lowest BCUT2D eigenvalue weighted by Gasteiger charge is -2.51. The number of nitrogens with one attached hydrogen (secondary N) is 2. The van der Waals surface area contributed by atoms with Gasteiger partial charge in [0, 0.05) is 32.4 Å². The van der Waals surface area contributed by atoms with Gasteiger partial charge in [0.15, 0.2) is 0 Å². The molecule has 1 fully saturated rings. The summed E-state index contributed by atoms with van der Waals surface area (Å²) in [4.78, 5) is 47.7. The highest BCUT2D eigenvalue weighted by Crippen LogP contribution is 2.43. The molecule has 37 heavy (non-hydrogen) atoms. The van der Waals surface area contributed by atoms with E-state index in [9.17, 15) is 18.8 Å². The summed E-state index contributed by atoms with van der Waals surface area (Å²) in [6.07, 6.45) is 2.41. The van der Waals surface area contributed by atoms with E-state index in [1.165, 1.54) is 19.3 Å². The summed E-state index contributed by atoms with van der Waals surface area (Å²) in [6.45, 7) is 4.31. The molecule has 11 heteroatoms. The standard InChI is InChI=1S/C26H26ClFN6O3/c1-14(2)15-6-4-5-7-18(15)26(12-34(13-26)20-9-22(28)32-10-17(20)23(29)35)25(37)33-19-11-31-21(27)8-16(19)24(36)30-3/h4-11,14H,12-13H2,1-3H3,(H2,29,35)(H,30,36)(H,33,37). The van der Waals surface area contributed by atoms with Crippen molar-refractivity contribution in [2.75, 3.05) is 30.4 Å². The number of benzene rings is 1. The zero-order chi connectivity index (χ0) is 26.9. The van der Waals surface area contributed by atoms with Crippen LogP contribution in [0.25, 0.3) is 0 Å². The Morgan fingerprint density at radius 1 is 1.11 bits per heavy atom. The van der Waals surface area contributed by atoms with E-state index in [-0.39, 0.29) is 52.6 Å². The van der Waals surface area contributed by atoms with Crippen molar-refractivity contribution in [2.24, 2.45) is 5.73 Å². The second-order valence-electron chi connectivity index (χ2n) is 9.15. The minimum atomic E-state index is -1.09. The Bertz CT molecular complexity index is 1390. The van der Waals surface area contributed by atoms with Gasteiger partial charge in [-0.2, -0.15) is 4.39 Å². The molecule has 0 unspecified atom stereocenters. The maximum atomic E-state index is 14.0. The molecule has 0 bridgehead atoms. The molecular weight excluding hydrogens is 499 g/mol. The van der Waals surface area contributed by atoms with Gasteiger partial charge in [-0.3, -0.25) is 14.4 Å². The molecule has 3 amide bonds. The molecule has 1 aliphatic heterocycles. The SMILES string of the molecule is CNC(=O)c1cc(Cl)ncc1NC(=O)C1(c2ccccc2C(C)C)CN(c2cc(F)ncc2C(N)=O)C1. The number of hydrogen-bond donors (Lipinski definition) is 3. The largest absolute Gasteiger partial charge is 0.368 e. The summed E-state index contributed by atoms with van der Waals surface area (Å²) in [5.74, 6) is -2.25. The number of hydrogen-bond acceptors (Lipinski definition) is 6. The highest BCUT2D eigenvalue weighted by molar-refractivity contribution is 6.30. The van der Waals surface area contributed by atoms with Crippen molar-refractivity contribution < 1.29 is 18.8 Å². The van der Waals surface area contributed by atoms with E-state index >= 15 is 0 Å². The van der Waals surface area contributed by atoms with Crippen LogP contribution < -0.4 is 21.3 Å². The number of nitrogens with two attached hydrogens (primary N) is 1. The maximum Gasteiger partial charge on any atom is 0.253 e. The minimum Gasteiger partial charge on any atom is -0.368 e. The van der Waals surface area contributed by atoms with Gasteiger partial charge < -0.3 is 21.3 Å². The van der Waals surface area contributed by atoms with E-state index in [4.69, 9.17) is 17.3 Å². The minimum absolute atomic E-state index is 0.0522. The van der Waals surface area contributed by atoms with Gasteiger partial charge in [-0.25, -0.2) is 9.97 Å². The van der Waals surface area contributed by atoms with Gasteiger partial charge in [0.05, 0.1) is 28.7 Å². The Hall–Kier alpha value is -4.05. The van der Waals surface area contributed by atoms with Crippen molar-refractivity contribution in [1.82, 2.24) is 15.3 Å². The third kappa shape index (κ3) is 4.84. The highest BCUT2D eigenvalue weighted by atomic mass is 35.5.